The highest BCUT2D eigenvalue weighted by atomic mass is 79.9. The molecule has 1 aliphatic rings. The topological polar surface area (TPSA) is 61.4 Å². The molecule has 6 heteroatoms. The summed E-state index contributed by atoms with van der Waals surface area (Å²) < 4.78 is 0.958. The summed E-state index contributed by atoms with van der Waals surface area (Å²) in [7, 11) is 0. The van der Waals surface area contributed by atoms with Crippen molar-refractivity contribution >= 4 is 33.4 Å². The molecule has 0 unspecified atom stereocenters. The molecule has 1 aliphatic heterocycles. The number of nitrogens with zero attached hydrogens (tertiary/aromatic N) is 1. The van der Waals surface area contributed by atoms with Gasteiger partial charge in [0.15, 0.2) is 0 Å². The van der Waals surface area contributed by atoms with Crippen molar-refractivity contribution in [3.05, 3.63) is 28.7 Å². The van der Waals surface area contributed by atoms with E-state index in [1.807, 2.05) is 24.3 Å². The maximum Gasteiger partial charge on any atom is 0.243 e. The zero-order valence-electron chi connectivity index (χ0n) is 10.5. The molecule has 102 valence electrons. The molecule has 1 heterocycles. The maximum absolute atomic E-state index is 11.9. The average molecular weight is 326 g/mol. The smallest absolute Gasteiger partial charge is 0.243 e. The van der Waals surface area contributed by atoms with Crippen LogP contribution in [0.1, 0.15) is 6.42 Å². The van der Waals surface area contributed by atoms with Crippen LogP contribution in [0.4, 0.5) is 5.69 Å². The van der Waals surface area contributed by atoms with Crippen molar-refractivity contribution < 1.29 is 9.59 Å². The van der Waals surface area contributed by atoms with Crippen molar-refractivity contribution in [3.63, 3.8) is 0 Å². The molecular formula is C13H16BrN3O2. The fourth-order valence-electron chi connectivity index (χ4n) is 1.90. The quantitative estimate of drug-likeness (QED) is 0.878. The van der Waals surface area contributed by atoms with Gasteiger partial charge in [-0.25, -0.2) is 0 Å². The third-order valence-corrected chi connectivity index (χ3v) is 3.40. The minimum Gasteiger partial charge on any atom is -0.332 e. The molecule has 2 amide bonds. The van der Waals surface area contributed by atoms with E-state index in [1.165, 1.54) is 0 Å². The van der Waals surface area contributed by atoms with Crippen LogP contribution in [0.25, 0.3) is 0 Å². The first-order chi connectivity index (χ1) is 9.15. The molecule has 0 aliphatic carbocycles. The van der Waals surface area contributed by atoms with Gasteiger partial charge in [0.1, 0.15) is 0 Å². The number of amides is 2. The van der Waals surface area contributed by atoms with Crippen LogP contribution in [0.2, 0.25) is 0 Å². The minimum atomic E-state index is -0.169. The van der Waals surface area contributed by atoms with Crippen LogP contribution in [0, 0.1) is 0 Å². The van der Waals surface area contributed by atoms with Gasteiger partial charge in [0.2, 0.25) is 11.8 Å². The standard InChI is InChI=1S/C13H16BrN3O2/c14-10-2-4-11(5-3-10)16-12(18)9-17-7-1-6-15-8-13(17)19/h2-5,15H,1,6-9H2,(H,16,18). The number of carbonyl (C=O) groups excluding carboxylic acids is 2. The Kier molecular flexibility index (Phi) is 4.93. The zero-order chi connectivity index (χ0) is 13.7. The van der Waals surface area contributed by atoms with Crippen molar-refractivity contribution in [1.29, 1.82) is 0 Å². The van der Waals surface area contributed by atoms with E-state index in [2.05, 4.69) is 26.6 Å². The second-order valence-electron chi connectivity index (χ2n) is 4.40. The summed E-state index contributed by atoms with van der Waals surface area (Å²) in [6.07, 6.45) is 0.872. The molecule has 1 aromatic rings. The van der Waals surface area contributed by atoms with Crippen molar-refractivity contribution in [1.82, 2.24) is 10.2 Å². The number of rotatable bonds is 3. The van der Waals surface area contributed by atoms with Gasteiger partial charge in [0.05, 0.1) is 13.1 Å². The fourth-order valence-corrected chi connectivity index (χ4v) is 2.17. The summed E-state index contributed by atoms with van der Waals surface area (Å²) in [5, 5.41) is 5.81. The molecule has 0 radical (unpaired) electrons. The van der Waals surface area contributed by atoms with Crippen molar-refractivity contribution in [3.8, 4) is 0 Å². The molecule has 5 nitrogen and oxygen atoms in total. The molecule has 0 aromatic heterocycles. The number of carbonyl (C=O) groups is 2. The van der Waals surface area contributed by atoms with Gasteiger partial charge >= 0.3 is 0 Å². The predicted molar refractivity (Wildman–Crippen MR) is 76.8 cm³/mol. The van der Waals surface area contributed by atoms with E-state index in [0.717, 1.165) is 23.1 Å². The largest absolute Gasteiger partial charge is 0.332 e. The Morgan fingerprint density at radius 2 is 2.11 bits per heavy atom. The van der Waals surface area contributed by atoms with E-state index in [9.17, 15) is 9.59 Å². The summed E-state index contributed by atoms with van der Waals surface area (Å²) >= 11 is 3.34. The van der Waals surface area contributed by atoms with Gasteiger partial charge < -0.3 is 15.5 Å². The predicted octanol–water partition coefficient (Wildman–Crippen LogP) is 1.21. The van der Waals surface area contributed by atoms with Crippen molar-refractivity contribution in [2.24, 2.45) is 0 Å². The lowest BCUT2D eigenvalue weighted by atomic mass is 10.3. The van der Waals surface area contributed by atoms with Gasteiger partial charge in [-0.15, -0.1) is 0 Å². The highest BCUT2D eigenvalue weighted by Gasteiger charge is 2.18. The lowest BCUT2D eigenvalue weighted by molar-refractivity contribution is -0.133. The van der Waals surface area contributed by atoms with Gasteiger partial charge in [-0.1, -0.05) is 15.9 Å². The summed E-state index contributed by atoms with van der Waals surface area (Å²) in [6, 6.07) is 7.34. The second-order valence-corrected chi connectivity index (χ2v) is 5.32. The molecule has 0 spiro atoms. The van der Waals surface area contributed by atoms with Crippen LogP contribution in [0.5, 0.6) is 0 Å². The molecular weight excluding hydrogens is 310 g/mol. The molecule has 19 heavy (non-hydrogen) atoms. The summed E-state index contributed by atoms with van der Waals surface area (Å²) in [5.41, 5.74) is 0.730. The average Bonchev–Trinajstić information content (AvgIpc) is 2.58. The third kappa shape index (κ3) is 4.33. The molecule has 0 saturated carbocycles. The lowest BCUT2D eigenvalue weighted by Crippen LogP contribution is -2.40. The van der Waals surface area contributed by atoms with Gasteiger partial charge in [-0.2, -0.15) is 0 Å². The Morgan fingerprint density at radius 1 is 1.37 bits per heavy atom. The van der Waals surface area contributed by atoms with Crippen molar-refractivity contribution in [2.75, 3.05) is 31.5 Å². The third-order valence-electron chi connectivity index (χ3n) is 2.87. The Hall–Kier alpha value is -1.40. The number of hydrogen-bond acceptors (Lipinski definition) is 3. The van der Waals surface area contributed by atoms with Crippen LogP contribution in [-0.4, -0.2) is 42.9 Å². The maximum atomic E-state index is 11.9. The number of nitrogens with one attached hydrogen (secondary N) is 2. The number of halogens is 1. The number of hydrogen-bond donors (Lipinski definition) is 2. The molecule has 0 bridgehead atoms. The first-order valence-corrected chi connectivity index (χ1v) is 6.98. The second kappa shape index (κ2) is 6.68. The van der Waals surface area contributed by atoms with E-state index in [4.69, 9.17) is 0 Å². The Labute approximate surface area is 120 Å². The highest BCUT2D eigenvalue weighted by molar-refractivity contribution is 9.10. The Bertz CT molecular complexity index is 461. The van der Waals surface area contributed by atoms with E-state index in [0.29, 0.717) is 13.1 Å². The summed E-state index contributed by atoms with van der Waals surface area (Å²) in [6.45, 7) is 1.86. The monoisotopic (exact) mass is 325 g/mol. The van der Waals surface area contributed by atoms with Crippen LogP contribution in [0.15, 0.2) is 28.7 Å². The fraction of sp³-hybridized carbons (Fsp3) is 0.385. The first-order valence-electron chi connectivity index (χ1n) is 6.19. The Morgan fingerprint density at radius 3 is 2.84 bits per heavy atom. The normalized spacial score (nSPS) is 16.1. The van der Waals surface area contributed by atoms with Gasteiger partial charge in [-0.3, -0.25) is 9.59 Å². The van der Waals surface area contributed by atoms with Crippen LogP contribution in [0.3, 0.4) is 0 Å². The lowest BCUT2D eigenvalue weighted by Gasteiger charge is -2.19. The molecule has 0 atom stereocenters. The van der Waals surface area contributed by atoms with Crippen LogP contribution in [-0.2, 0) is 9.59 Å². The Balaban J connectivity index is 1.89. The van der Waals surface area contributed by atoms with E-state index in [-0.39, 0.29) is 18.4 Å². The van der Waals surface area contributed by atoms with Crippen molar-refractivity contribution in [2.45, 2.75) is 6.42 Å². The van der Waals surface area contributed by atoms with Crippen LogP contribution < -0.4 is 10.6 Å². The minimum absolute atomic E-state index is 0.0246. The molecule has 2 rings (SSSR count). The van der Waals surface area contributed by atoms with Gasteiger partial charge in [0.25, 0.3) is 0 Å². The summed E-state index contributed by atoms with van der Waals surface area (Å²) in [5.74, 6) is -0.193. The SMILES string of the molecule is O=C(CN1CCCNCC1=O)Nc1ccc(Br)cc1. The number of anilines is 1. The molecule has 1 aromatic carbocycles. The zero-order valence-corrected chi connectivity index (χ0v) is 12.1. The summed E-state index contributed by atoms with van der Waals surface area (Å²) in [4.78, 5) is 25.2. The van der Waals surface area contributed by atoms with E-state index in [1.54, 1.807) is 4.90 Å². The van der Waals surface area contributed by atoms with Gasteiger partial charge in [-0.05, 0) is 37.2 Å². The van der Waals surface area contributed by atoms with Crippen LogP contribution >= 0.6 is 15.9 Å². The molecule has 2 N–H and O–H groups in total. The first kappa shape index (κ1) is 14.0. The molecule has 1 fully saturated rings. The highest BCUT2D eigenvalue weighted by Crippen LogP contribution is 2.14. The van der Waals surface area contributed by atoms with Gasteiger partial charge in [0, 0.05) is 16.7 Å². The molecule has 1 saturated heterocycles. The van der Waals surface area contributed by atoms with E-state index < -0.39 is 0 Å². The number of benzene rings is 1. The van der Waals surface area contributed by atoms with E-state index >= 15 is 0 Å².